The van der Waals surface area contributed by atoms with Crippen LogP contribution in [0.3, 0.4) is 0 Å². The lowest BCUT2D eigenvalue weighted by molar-refractivity contribution is -0.219. The van der Waals surface area contributed by atoms with E-state index in [2.05, 4.69) is 54.2 Å². The van der Waals surface area contributed by atoms with E-state index in [4.69, 9.17) is 4.74 Å². The lowest BCUT2D eigenvalue weighted by Crippen LogP contribution is -2.65. The molecule has 0 aromatic carbocycles. The highest BCUT2D eigenvalue weighted by Gasteiger charge is 2.69. The van der Waals surface area contributed by atoms with Crippen LogP contribution in [0.5, 0.6) is 0 Å². The summed E-state index contributed by atoms with van der Waals surface area (Å²) in [6.45, 7) is 19.3. The maximum absolute atomic E-state index is 11.0. The SMILES string of the molecule is C=C(O)[C@]12CCC(C)(C)C[C@H]1C1=CC[C@@H]3[C@@]4(C)CC[C@H](OC)[C@@](C)(CO)[C@@H]4CC[C@@]3(C)[C@]1(C)CC2. The van der Waals surface area contributed by atoms with Gasteiger partial charge in [0.15, 0.2) is 0 Å². The van der Waals surface area contributed by atoms with E-state index in [9.17, 15) is 10.2 Å². The number of hydrogen-bond donors (Lipinski definition) is 2. The molecule has 2 N–H and O–H groups in total. The van der Waals surface area contributed by atoms with Crippen LogP contribution in [0.1, 0.15) is 106 Å². The van der Waals surface area contributed by atoms with Crippen molar-refractivity contribution in [2.45, 2.75) is 112 Å². The average molecular weight is 485 g/mol. The molecule has 0 radical (unpaired) electrons. The fourth-order valence-electron chi connectivity index (χ4n) is 11.1. The molecule has 9 atom stereocenters. The van der Waals surface area contributed by atoms with E-state index in [1.165, 1.54) is 25.7 Å². The van der Waals surface area contributed by atoms with Crippen LogP contribution in [0.25, 0.3) is 0 Å². The molecule has 0 aliphatic heterocycles. The van der Waals surface area contributed by atoms with Crippen LogP contribution in [0.4, 0.5) is 0 Å². The van der Waals surface area contributed by atoms with Gasteiger partial charge in [-0.15, -0.1) is 0 Å². The highest BCUT2D eigenvalue weighted by Crippen LogP contribution is 2.76. The second-order valence-electron chi connectivity index (χ2n) is 15.2. The van der Waals surface area contributed by atoms with E-state index in [0.717, 1.165) is 38.5 Å². The molecule has 0 aromatic heterocycles. The van der Waals surface area contributed by atoms with Gasteiger partial charge < -0.3 is 14.9 Å². The van der Waals surface area contributed by atoms with Crippen LogP contribution in [0, 0.1) is 50.2 Å². The van der Waals surface area contributed by atoms with Crippen LogP contribution in [-0.4, -0.2) is 30.0 Å². The molecule has 0 aromatic rings. The summed E-state index contributed by atoms with van der Waals surface area (Å²) < 4.78 is 5.97. The van der Waals surface area contributed by atoms with Gasteiger partial charge in [-0.05, 0) is 104 Å². The Bertz CT molecular complexity index is 920. The predicted molar refractivity (Wildman–Crippen MR) is 143 cm³/mol. The summed E-state index contributed by atoms with van der Waals surface area (Å²) in [6.07, 6.45) is 14.2. The molecule has 35 heavy (non-hydrogen) atoms. The van der Waals surface area contributed by atoms with E-state index in [1.54, 1.807) is 5.57 Å². The highest BCUT2D eigenvalue weighted by molar-refractivity contribution is 5.36. The second-order valence-corrected chi connectivity index (χ2v) is 15.2. The summed E-state index contributed by atoms with van der Waals surface area (Å²) in [7, 11) is 1.83. The molecule has 3 heteroatoms. The first-order valence-corrected chi connectivity index (χ1v) is 14.5. The molecular weight excluding hydrogens is 432 g/mol. The van der Waals surface area contributed by atoms with E-state index in [0.29, 0.717) is 28.9 Å². The Kier molecular flexibility index (Phi) is 5.80. The smallest absolute Gasteiger partial charge is 0.0918 e. The third-order valence-corrected chi connectivity index (χ3v) is 13.6. The van der Waals surface area contributed by atoms with Gasteiger partial charge in [0.2, 0.25) is 0 Å². The molecule has 3 nitrogen and oxygen atoms in total. The maximum atomic E-state index is 11.0. The van der Waals surface area contributed by atoms with Gasteiger partial charge in [-0.1, -0.05) is 59.8 Å². The number of methoxy groups -OCH3 is 1. The van der Waals surface area contributed by atoms with E-state index in [1.807, 2.05) is 7.11 Å². The van der Waals surface area contributed by atoms with E-state index < -0.39 is 0 Å². The molecule has 4 fully saturated rings. The number of aliphatic hydroxyl groups excluding tert-OH is 2. The molecule has 0 heterocycles. The molecule has 0 spiro atoms. The van der Waals surface area contributed by atoms with Crippen LogP contribution < -0.4 is 0 Å². The third-order valence-electron chi connectivity index (χ3n) is 13.6. The zero-order valence-corrected chi connectivity index (χ0v) is 23.7. The van der Waals surface area contributed by atoms with Gasteiger partial charge >= 0.3 is 0 Å². The first-order valence-electron chi connectivity index (χ1n) is 14.5. The van der Waals surface area contributed by atoms with Crippen LogP contribution in [-0.2, 0) is 4.74 Å². The molecule has 0 saturated heterocycles. The van der Waals surface area contributed by atoms with Gasteiger partial charge in [0.05, 0.1) is 18.5 Å². The number of aliphatic hydroxyl groups is 2. The van der Waals surface area contributed by atoms with E-state index in [-0.39, 0.29) is 39.8 Å². The highest BCUT2D eigenvalue weighted by atomic mass is 16.5. The van der Waals surface area contributed by atoms with Crippen LogP contribution in [0.15, 0.2) is 24.0 Å². The molecule has 5 aliphatic carbocycles. The van der Waals surface area contributed by atoms with Crippen molar-refractivity contribution in [3.8, 4) is 0 Å². The van der Waals surface area contributed by atoms with Crippen molar-refractivity contribution < 1.29 is 14.9 Å². The van der Waals surface area contributed by atoms with Gasteiger partial charge in [0, 0.05) is 17.9 Å². The van der Waals surface area contributed by atoms with Crippen molar-refractivity contribution in [1.29, 1.82) is 0 Å². The summed E-state index contributed by atoms with van der Waals surface area (Å²) in [6, 6.07) is 0. The van der Waals surface area contributed by atoms with Crippen molar-refractivity contribution in [3.63, 3.8) is 0 Å². The largest absolute Gasteiger partial charge is 0.512 e. The van der Waals surface area contributed by atoms with Crippen molar-refractivity contribution in [2.75, 3.05) is 13.7 Å². The standard InChI is InChI=1S/C32H52O3/c1-21(34)32-17-15-27(2,3)19-23(32)22-9-10-25-28(4)13-12-26(35-8)29(5,20-33)24(28)11-14-31(25,7)30(22,6)16-18-32/h9,23-26,33-34H,1,10-20H2,2-8H3/t23-,24+,25+,26-,28-,29-,30+,31+,32+/m0/s1. The topological polar surface area (TPSA) is 49.7 Å². The van der Waals surface area contributed by atoms with Gasteiger partial charge in [-0.25, -0.2) is 0 Å². The summed E-state index contributed by atoms with van der Waals surface area (Å²) in [5.41, 5.74) is 2.28. The summed E-state index contributed by atoms with van der Waals surface area (Å²) in [5, 5.41) is 21.6. The number of rotatable bonds is 3. The normalized spacial score (nSPS) is 52.9. The average Bonchev–Trinajstić information content (AvgIpc) is 2.79. The van der Waals surface area contributed by atoms with Gasteiger partial charge in [-0.2, -0.15) is 0 Å². The first-order chi connectivity index (χ1) is 16.2. The Morgan fingerprint density at radius 3 is 2.29 bits per heavy atom. The monoisotopic (exact) mass is 484 g/mol. The second kappa shape index (κ2) is 7.85. The van der Waals surface area contributed by atoms with Crippen molar-refractivity contribution in [3.05, 3.63) is 24.0 Å². The predicted octanol–water partition coefficient (Wildman–Crippen LogP) is 7.85. The first kappa shape index (κ1) is 25.8. The lowest BCUT2D eigenvalue weighted by atomic mass is 9.33. The Balaban J connectivity index is 1.59. The molecule has 5 rings (SSSR count). The fourth-order valence-corrected chi connectivity index (χ4v) is 11.1. The van der Waals surface area contributed by atoms with Crippen molar-refractivity contribution in [2.24, 2.45) is 50.2 Å². The summed E-state index contributed by atoms with van der Waals surface area (Å²) in [4.78, 5) is 0. The summed E-state index contributed by atoms with van der Waals surface area (Å²) in [5.74, 6) is 1.97. The Morgan fingerprint density at radius 1 is 0.971 bits per heavy atom. The Hall–Kier alpha value is -0.800. The van der Waals surface area contributed by atoms with Crippen LogP contribution >= 0.6 is 0 Å². The molecule has 0 unspecified atom stereocenters. The fraction of sp³-hybridized carbons (Fsp3) is 0.875. The minimum atomic E-state index is -0.169. The minimum Gasteiger partial charge on any atom is -0.512 e. The molecule has 0 amide bonds. The number of hydrogen-bond acceptors (Lipinski definition) is 3. The quantitative estimate of drug-likeness (QED) is 0.317. The minimum absolute atomic E-state index is 0.128. The summed E-state index contributed by atoms with van der Waals surface area (Å²) >= 11 is 0. The van der Waals surface area contributed by atoms with Crippen molar-refractivity contribution in [1.82, 2.24) is 0 Å². The van der Waals surface area contributed by atoms with Crippen LogP contribution in [0.2, 0.25) is 0 Å². The third kappa shape index (κ3) is 3.16. The molecule has 4 saturated carbocycles. The van der Waals surface area contributed by atoms with Gasteiger partial charge in [-0.3, -0.25) is 0 Å². The number of allylic oxidation sites excluding steroid dienone is 3. The van der Waals surface area contributed by atoms with Gasteiger partial charge in [0.1, 0.15) is 0 Å². The van der Waals surface area contributed by atoms with Gasteiger partial charge in [0.25, 0.3) is 0 Å². The molecule has 0 bridgehead atoms. The van der Waals surface area contributed by atoms with E-state index >= 15 is 0 Å². The Morgan fingerprint density at radius 2 is 1.66 bits per heavy atom. The molecular formula is C32H52O3. The number of fused-ring (bicyclic) bond motifs is 7. The molecule has 198 valence electrons. The zero-order valence-electron chi connectivity index (χ0n) is 23.7. The van der Waals surface area contributed by atoms with Crippen molar-refractivity contribution >= 4 is 0 Å². The lowest BCUT2D eigenvalue weighted by Gasteiger charge is -2.71. The molecule has 5 aliphatic rings. The number of ether oxygens (including phenoxy) is 1. The zero-order chi connectivity index (χ0) is 25.7. The maximum Gasteiger partial charge on any atom is 0.0918 e. The Labute approximate surface area is 214 Å².